The highest BCUT2D eigenvalue weighted by Gasteiger charge is 2.16. The molecule has 3 aromatic rings. The Morgan fingerprint density at radius 3 is 2.62 bits per heavy atom. The molecule has 29 heavy (non-hydrogen) atoms. The number of nitrogens with one attached hydrogen (secondary N) is 1. The highest BCUT2D eigenvalue weighted by Crippen LogP contribution is 2.32. The van der Waals surface area contributed by atoms with Crippen LogP contribution in [0, 0.1) is 0 Å². The fourth-order valence-corrected chi connectivity index (χ4v) is 3.48. The van der Waals surface area contributed by atoms with Gasteiger partial charge in [-0.25, -0.2) is 0 Å². The van der Waals surface area contributed by atoms with Gasteiger partial charge in [0.2, 0.25) is 0 Å². The van der Waals surface area contributed by atoms with Gasteiger partial charge in [0, 0.05) is 12.6 Å². The number of benzene rings is 2. The maximum Gasteiger partial charge on any atom is 0.346 e. The fourth-order valence-electron chi connectivity index (χ4n) is 3.48. The number of ether oxygens (including phenoxy) is 2. The van der Waals surface area contributed by atoms with Crippen molar-refractivity contribution in [1.29, 1.82) is 0 Å². The van der Waals surface area contributed by atoms with Gasteiger partial charge in [0.1, 0.15) is 0 Å². The average Bonchev–Trinajstić information content (AvgIpc) is 3.41. The standard InChI is InChI=1S/C21H25N5O2.ClH/c1-2-27-20-14-16(15-22-17-8-6-7-9-17)12-13-19(20)28-21-23-24-25-26(21)18-10-4-3-5-11-18;/h3-5,10-14,17,22H,2,6-9,15H2,1H3;1H/p-1. The van der Waals surface area contributed by atoms with Gasteiger partial charge in [-0.15, -0.1) is 0 Å². The molecule has 0 unspecified atom stereocenters. The van der Waals surface area contributed by atoms with E-state index in [1.165, 1.54) is 31.2 Å². The Kier molecular flexibility index (Phi) is 7.43. The van der Waals surface area contributed by atoms with Crippen LogP contribution in [0.2, 0.25) is 0 Å². The number of para-hydroxylation sites is 1. The Balaban J connectivity index is 0.00000240. The molecule has 1 aliphatic rings. The third kappa shape index (κ3) is 5.25. The van der Waals surface area contributed by atoms with Crippen LogP contribution in [0.5, 0.6) is 17.5 Å². The summed E-state index contributed by atoms with van der Waals surface area (Å²) in [5.74, 6) is 1.29. The molecule has 0 spiro atoms. The first kappa shape index (κ1) is 21.1. The van der Waals surface area contributed by atoms with E-state index < -0.39 is 0 Å². The van der Waals surface area contributed by atoms with E-state index in [0.29, 0.717) is 30.2 Å². The van der Waals surface area contributed by atoms with Crippen molar-refractivity contribution in [2.45, 2.75) is 45.2 Å². The van der Waals surface area contributed by atoms with Gasteiger partial charge >= 0.3 is 6.01 Å². The first-order valence-corrected chi connectivity index (χ1v) is 9.84. The van der Waals surface area contributed by atoms with Crippen LogP contribution in [0.3, 0.4) is 0 Å². The van der Waals surface area contributed by atoms with Crippen LogP contribution in [0.4, 0.5) is 0 Å². The number of tetrazole rings is 1. The number of hydrogen-bond donors (Lipinski definition) is 1. The van der Waals surface area contributed by atoms with E-state index in [2.05, 4.69) is 26.9 Å². The van der Waals surface area contributed by atoms with Crippen LogP contribution in [-0.2, 0) is 6.54 Å². The van der Waals surface area contributed by atoms with Crippen molar-refractivity contribution in [2.75, 3.05) is 6.61 Å². The first-order valence-electron chi connectivity index (χ1n) is 9.84. The van der Waals surface area contributed by atoms with Crippen molar-refractivity contribution in [1.82, 2.24) is 25.5 Å². The zero-order chi connectivity index (χ0) is 19.2. The summed E-state index contributed by atoms with van der Waals surface area (Å²) in [6, 6.07) is 16.6. The molecule has 8 heteroatoms. The highest BCUT2D eigenvalue weighted by atomic mass is 35.5. The Bertz CT molecular complexity index is 897. The molecular formula is C21H25ClN5O2-. The van der Waals surface area contributed by atoms with Crippen molar-refractivity contribution >= 4 is 0 Å². The molecule has 1 heterocycles. The van der Waals surface area contributed by atoms with Gasteiger partial charge < -0.3 is 27.2 Å². The van der Waals surface area contributed by atoms with E-state index in [9.17, 15) is 0 Å². The number of aromatic nitrogens is 4. The summed E-state index contributed by atoms with van der Waals surface area (Å²) in [4.78, 5) is 0. The van der Waals surface area contributed by atoms with E-state index in [1.807, 2.05) is 49.4 Å². The Morgan fingerprint density at radius 1 is 1.07 bits per heavy atom. The molecule has 2 aromatic carbocycles. The first-order chi connectivity index (χ1) is 13.8. The number of hydrogen-bond acceptors (Lipinski definition) is 6. The summed E-state index contributed by atoms with van der Waals surface area (Å²) in [7, 11) is 0. The molecule has 0 amide bonds. The summed E-state index contributed by atoms with van der Waals surface area (Å²) >= 11 is 0. The van der Waals surface area contributed by atoms with Gasteiger partial charge in [0.15, 0.2) is 11.5 Å². The van der Waals surface area contributed by atoms with Gasteiger partial charge in [-0.05, 0) is 60.0 Å². The van der Waals surface area contributed by atoms with Gasteiger partial charge in [-0.3, -0.25) is 0 Å². The lowest BCUT2D eigenvalue weighted by atomic mass is 10.1. The maximum atomic E-state index is 6.00. The monoisotopic (exact) mass is 414 g/mol. The topological polar surface area (TPSA) is 74.1 Å². The van der Waals surface area contributed by atoms with E-state index >= 15 is 0 Å². The number of halogens is 1. The van der Waals surface area contributed by atoms with E-state index in [1.54, 1.807) is 4.68 Å². The highest BCUT2D eigenvalue weighted by molar-refractivity contribution is 5.45. The minimum atomic E-state index is 0. The molecule has 4 rings (SSSR count). The minimum Gasteiger partial charge on any atom is -1.00 e. The molecule has 0 bridgehead atoms. The molecule has 1 N–H and O–H groups in total. The molecule has 1 aromatic heterocycles. The largest absolute Gasteiger partial charge is 1.00 e. The van der Waals surface area contributed by atoms with Crippen molar-refractivity contribution in [3.8, 4) is 23.2 Å². The summed E-state index contributed by atoms with van der Waals surface area (Å²) in [6.07, 6.45) is 5.18. The van der Waals surface area contributed by atoms with Crippen molar-refractivity contribution in [3.63, 3.8) is 0 Å². The molecule has 1 aliphatic carbocycles. The third-order valence-corrected chi connectivity index (χ3v) is 4.90. The Hall–Kier alpha value is -2.64. The predicted octanol–water partition coefficient (Wildman–Crippen LogP) is 0.890. The third-order valence-electron chi connectivity index (χ3n) is 4.90. The van der Waals surface area contributed by atoms with Crippen molar-refractivity contribution in [3.05, 3.63) is 54.1 Å². The second-order valence-electron chi connectivity index (χ2n) is 6.89. The molecule has 1 fully saturated rings. The second kappa shape index (κ2) is 10.2. The molecule has 0 aliphatic heterocycles. The van der Waals surface area contributed by atoms with Crippen LogP contribution in [0.15, 0.2) is 48.5 Å². The van der Waals surface area contributed by atoms with Crippen LogP contribution < -0.4 is 27.2 Å². The van der Waals surface area contributed by atoms with Crippen LogP contribution in [0.25, 0.3) is 5.69 Å². The molecule has 7 nitrogen and oxygen atoms in total. The quantitative estimate of drug-likeness (QED) is 0.590. The summed E-state index contributed by atoms with van der Waals surface area (Å²) in [5.41, 5.74) is 2.00. The Morgan fingerprint density at radius 2 is 1.86 bits per heavy atom. The average molecular weight is 415 g/mol. The van der Waals surface area contributed by atoms with Crippen LogP contribution in [-0.4, -0.2) is 32.9 Å². The van der Waals surface area contributed by atoms with E-state index in [-0.39, 0.29) is 12.4 Å². The van der Waals surface area contributed by atoms with Gasteiger partial charge in [-0.2, -0.15) is 4.68 Å². The molecular weight excluding hydrogens is 390 g/mol. The van der Waals surface area contributed by atoms with E-state index in [4.69, 9.17) is 9.47 Å². The van der Waals surface area contributed by atoms with Crippen molar-refractivity contribution in [2.24, 2.45) is 0 Å². The van der Waals surface area contributed by atoms with Gasteiger partial charge in [-0.1, -0.05) is 42.2 Å². The van der Waals surface area contributed by atoms with Gasteiger partial charge in [0.05, 0.1) is 12.3 Å². The minimum absolute atomic E-state index is 0. The SMILES string of the molecule is CCOc1cc(CNC2CCCC2)ccc1Oc1nnnn1-c1ccccc1.[Cl-]. The Labute approximate surface area is 176 Å². The molecule has 0 radical (unpaired) electrons. The summed E-state index contributed by atoms with van der Waals surface area (Å²) < 4.78 is 13.4. The molecule has 1 saturated carbocycles. The maximum absolute atomic E-state index is 6.00. The lowest BCUT2D eigenvalue weighted by molar-refractivity contribution is -0.00000694. The summed E-state index contributed by atoms with van der Waals surface area (Å²) in [5, 5.41) is 15.4. The zero-order valence-corrected chi connectivity index (χ0v) is 17.2. The smallest absolute Gasteiger partial charge is 0.346 e. The predicted molar refractivity (Wildman–Crippen MR) is 106 cm³/mol. The zero-order valence-electron chi connectivity index (χ0n) is 16.4. The number of rotatable bonds is 8. The van der Waals surface area contributed by atoms with Crippen LogP contribution in [0.1, 0.15) is 38.2 Å². The molecule has 0 saturated heterocycles. The van der Waals surface area contributed by atoms with E-state index in [0.717, 1.165) is 12.2 Å². The number of nitrogens with zero attached hydrogens (tertiary/aromatic N) is 4. The molecule has 0 atom stereocenters. The fraction of sp³-hybridized carbons (Fsp3) is 0.381. The second-order valence-corrected chi connectivity index (χ2v) is 6.89. The lowest BCUT2D eigenvalue weighted by Crippen LogP contribution is -3.00. The molecule has 154 valence electrons. The normalized spacial score (nSPS) is 13.8. The summed E-state index contributed by atoms with van der Waals surface area (Å²) in [6.45, 7) is 3.34. The lowest BCUT2D eigenvalue weighted by Gasteiger charge is -2.15. The van der Waals surface area contributed by atoms with Crippen LogP contribution >= 0.6 is 0 Å². The van der Waals surface area contributed by atoms with Crippen molar-refractivity contribution < 1.29 is 21.9 Å². The van der Waals surface area contributed by atoms with Gasteiger partial charge in [0.25, 0.3) is 0 Å².